The SMILES string of the molecule is CCCOC(=O)Nc1[nH]ncc1C. The average molecular weight is 183 g/mol. The summed E-state index contributed by atoms with van der Waals surface area (Å²) in [4.78, 5) is 11.0. The van der Waals surface area contributed by atoms with Gasteiger partial charge in [0.05, 0.1) is 12.8 Å². The fraction of sp³-hybridized carbons (Fsp3) is 0.500. The minimum atomic E-state index is -0.450. The summed E-state index contributed by atoms with van der Waals surface area (Å²) in [5, 5.41) is 8.96. The lowest BCUT2D eigenvalue weighted by molar-refractivity contribution is 0.161. The highest BCUT2D eigenvalue weighted by Gasteiger charge is 2.05. The van der Waals surface area contributed by atoms with Crippen molar-refractivity contribution in [1.29, 1.82) is 0 Å². The van der Waals surface area contributed by atoms with Gasteiger partial charge in [0.1, 0.15) is 5.82 Å². The first-order valence-electron chi connectivity index (χ1n) is 4.17. The van der Waals surface area contributed by atoms with Crippen LogP contribution >= 0.6 is 0 Å². The number of nitrogens with zero attached hydrogens (tertiary/aromatic N) is 1. The molecule has 5 heteroatoms. The number of aromatic amines is 1. The third-order valence-corrected chi connectivity index (χ3v) is 1.49. The van der Waals surface area contributed by atoms with E-state index >= 15 is 0 Å². The summed E-state index contributed by atoms with van der Waals surface area (Å²) < 4.78 is 4.82. The van der Waals surface area contributed by atoms with Gasteiger partial charge in [-0.15, -0.1) is 0 Å². The second-order valence-electron chi connectivity index (χ2n) is 2.69. The van der Waals surface area contributed by atoms with E-state index in [-0.39, 0.29) is 0 Å². The normalized spacial score (nSPS) is 9.69. The van der Waals surface area contributed by atoms with E-state index in [0.29, 0.717) is 12.4 Å². The Kier molecular flexibility index (Phi) is 3.31. The molecule has 0 aromatic carbocycles. The number of aryl methyl sites for hydroxylation is 1. The molecular weight excluding hydrogens is 170 g/mol. The van der Waals surface area contributed by atoms with E-state index in [4.69, 9.17) is 4.74 Å². The highest BCUT2D eigenvalue weighted by molar-refractivity contribution is 5.84. The largest absolute Gasteiger partial charge is 0.449 e. The maximum atomic E-state index is 11.0. The molecule has 0 radical (unpaired) electrons. The number of carbonyl (C=O) groups excluding carboxylic acids is 1. The lowest BCUT2D eigenvalue weighted by Crippen LogP contribution is -2.14. The second kappa shape index (κ2) is 4.49. The third kappa shape index (κ3) is 2.77. The molecule has 72 valence electrons. The zero-order chi connectivity index (χ0) is 9.68. The number of amides is 1. The number of H-pyrrole nitrogens is 1. The zero-order valence-corrected chi connectivity index (χ0v) is 7.76. The van der Waals surface area contributed by atoms with Gasteiger partial charge in [0.25, 0.3) is 0 Å². The van der Waals surface area contributed by atoms with E-state index in [1.165, 1.54) is 0 Å². The Balaban J connectivity index is 2.41. The fourth-order valence-electron chi connectivity index (χ4n) is 0.806. The Labute approximate surface area is 76.5 Å². The molecule has 0 aliphatic rings. The van der Waals surface area contributed by atoms with Gasteiger partial charge in [0, 0.05) is 5.56 Å². The van der Waals surface area contributed by atoms with Crippen LogP contribution in [0.15, 0.2) is 6.20 Å². The Morgan fingerprint density at radius 3 is 3.08 bits per heavy atom. The monoisotopic (exact) mass is 183 g/mol. The highest BCUT2D eigenvalue weighted by Crippen LogP contribution is 2.08. The molecule has 13 heavy (non-hydrogen) atoms. The van der Waals surface area contributed by atoms with Gasteiger partial charge >= 0.3 is 6.09 Å². The molecule has 0 aliphatic carbocycles. The van der Waals surface area contributed by atoms with Gasteiger partial charge in [0.2, 0.25) is 0 Å². The topological polar surface area (TPSA) is 67.0 Å². The van der Waals surface area contributed by atoms with Crippen LogP contribution in [0.25, 0.3) is 0 Å². The van der Waals surface area contributed by atoms with E-state index in [2.05, 4.69) is 15.5 Å². The predicted octanol–water partition coefficient (Wildman–Crippen LogP) is 1.68. The number of hydrogen-bond donors (Lipinski definition) is 2. The van der Waals surface area contributed by atoms with Crippen molar-refractivity contribution in [3.05, 3.63) is 11.8 Å². The molecule has 1 heterocycles. The minimum Gasteiger partial charge on any atom is -0.449 e. The van der Waals surface area contributed by atoms with Gasteiger partial charge in [-0.2, -0.15) is 5.10 Å². The summed E-state index contributed by atoms with van der Waals surface area (Å²) in [5.74, 6) is 0.584. The molecule has 0 fully saturated rings. The molecular formula is C8H13N3O2. The van der Waals surface area contributed by atoms with Crippen LogP contribution in [-0.2, 0) is 4.74 Å². The molecule has 1 rings (SSSR count). The van der Waals surface area contributed by atoms with E-state index in [1.807, 2.05) is 13.8 Å². The van der Waals surface area contributed by atoms with Gasteiger partial charge in [-0.3, -0.25) is 10.4 Å². The van der Waals surface area contributed by atoms with Crippen LogP contribution in [0, 0.1) is 6.92 Å². The van der Waals surface area contributed by atoms with Crippen LogP contribution in [-0.4, -0.2) is 22.9 Å². The molecule has 0 atom stereocenters. The number of aromatic nitrogens is 2. The summed E-state index contributed by atoms with van der Waals surface area (Å²) in [6, 6.07) is 0. The third-order valence-electron chi connectivity index (χ3n) is 1.49. The van der Waals surface area contributed by atoms with Crippen LogP contribution < -0.4 is 5.32 Å². The molecule has 0 unspecified atom stereocenters. The number of nitrogens with one attached hydrogen (secondary N) is 2. The van der Waals surface area contributed by atoms with Crippen molar-refractivity contribution in [2.75, 3.05) is 11.9 Å². The molecule has 0 bridgehead atoms. The number of rotatable bonds is 3. The number of ether oxygens (including phenoxy) is 1. The summed E-state index contributed by atoms with van der Waals surface area (Å²) in [6.45, 7) is 4.21. The van der Waals surface area contributed by atoms with Crippen LogP contribution in [0.3, 0.4) is 0 Å². The van der Waals surface area contributed by atoms with E-state index < -0.39 is 6.09 Å². The fourth-order valence-corrected chi connectivity index (χ4v) is 0.806. The molecule has 1 aromatic heterocycles. The molecule has 0 spiro atoms. The quantitative estimate of drug-likeness (QED) is 0.749. The minimum absolute atomic E-state index is 0.430. The first-order valence-corrected chi connectivity index (χ1v) is 4.17. The molecule has 0 aliphatic heterocycles. The first kappa shape index (κ1) is 9.57. The molecule has 5 nitrogen and oxygen atoms in total. The van der Waals surface area contributed by atoms with Crippen molar-refractivity contribution in [2.24, 2.45) is 0 Å². The van der Waals surface area contributed by atoms with Crippen LogP contribution in [0.4, 0.5) is 10.6 Å². The maximum Gasteiger partial charge on any atom is 0.412 e. The zero-order valence-electron chi connectivity index (χ0n) is 7.76. The van der Waals surface area contributed by atoms with E-state index in [1.54, 1.807) is 6.20 Å². The summed E-state index contributed by atoms with van der Waals surface area (Å²) in [7, 11) is 0. The summed E-state index contributed by atoms with van der Waals surface area (Å²) >= 11 is 0. The van der Waals surface area contributed by atoms with Crippen LogP contribution in [0.1, 0.15) is 18.9 Å². The molecule has 0 saturated carbocycles. The van der Waals surface area contributed by atoms with Crippen LogP contribution in [0.2, 0.25) is 0 Å². The predicted molar refractivity (Wildman–Crippen MR) is 48.6 cm³/mol. The maximum absolute atomic E-state index is 11.0. The standard InChI is InChI=1S/C8H13N3O2/c1-3-4-13-8(12)10-7-6(2)5-9-11-7/h5H,3-4H2,1-2H3,(H2,9,10,11,12). The lowest BCUT2D eigenvalue weighted by atomic mass is 10.4. The Morgan fingerprint density at radius 2 is 2.54 bits per heavy atom. The van der Waals surface area contributed by atoms with E-state index in [9.17, 15) is 4.79 Å². The van der Waals surface area contributed by atoms with Gasteiger partial charge in [-0.1, -0.05) is 6.92 Å². The number of anilines is 1. The van der Waals surface area contributed by atoms with Crippen molar-refractivity contribution in [3.8, 4) is 0 Å². The average Bonchev–Trinajstić information content (AvgIpc) is 2.48. The van der Waals surface area contributed by atoms with Gasteiger partial charge in [-0.05, 0) is 13.3 Å². The van der Waals surface area contributed by atoms with Gasteiger partial charge in [-0.25, -0.2) is 4.79 Å². The Bertz CT molecular complexity index is 283. The number of hydrogen-bond acceptors (Lipinski definition) is 3. The van der Waals surface area contributed by atoms with E-state index in [0.717, 1.165) is 12.0 Å². The molecule has 0 saturated heterocycles. The smallest absolute Gasteiger partial charge is 0.412 e. The lowest BCUT2D eigenvalue weighted by Gasteiger charge is -2.03. The number of carbonyl (C=O) groups is 1. The summed E-state index contributed by atoms with van der Waals surface area (Å²) in [5.41, 5.74) is 0.883. The van der Waals surface area contributed by atoms with Crippen molar-refractivity contribution < 1.29 is 9.53 Å². The first-order chi connectivity index (χ1) is 6.24. The van der Waals surface area contributed by atoms with Crippen LogP contribution in [0.5, 0.6) is 0 Å². The van der Waals surface area contributed by atoms with Crippen molar-refractivity contribution >= 4 is 11.9 Å². The highest BCUT2D eigenvalue weighted by atomic mass is 16.5. The van der Waals surface area contributed by atoms with Crippen molar-refractivity contribution in [1.82, 2.24) is 10.2 Å². The van der Waals surface area contributed by atoms with Gasteiger partial charge < -0.3 is 4.74 Å². The molecule has 2 N–H and O–H groups in total. The Hall–Kier alpha value is -1.52. The second-order valence-corrected chi connectivity index (χ2v) is 2.69. The molecule has 1 aromatic rings. The van der Waals surface area contributed by atoms with Crippen molar-refractivity contribution in [2.45, 2.75) is 20.3 Å². The summed E-state index contributed by atoms with van der Waals surface area (Å²) in [6.07, 6.45) is 2.00. The Morgan fingerprint density at radius 1 is 1.77 bits per heavy atom. The van der Waals surface area contributed by atoms with Gasteiger partial charge in [0.15, 0.2) is 0 Å². The molecule has 1 amide bonds. The van der Waals surface area contributed by atoms with Crippen molar-refractivity contribution in [3.63, 3.8) is 0 Å².